The number of amides is 1. The molecular formula is C18H23FN2O2. The molecule has 0 saturated carbocycles. The minimum absolute atomic E-state index is 0.000479. The fourth-order valence-electron chi connectivity index (χ4n) is 2.46. The van der Waals surface area contributed by atoms with Gasteiger partial charge in [-0.05, 0) is 50.7 Å². The number of nitrogens with one attached hydrogen (secondary N) is 1. The molecule has 2 rings (SSSR count). The first-order valence-corrected chi connectivity index (χ1v) is 7.78. The smallest absolute Gasteiger partial charge is 0.220 e. The van der Waals surface area contributed by atoms with Crippen LogP contribution in [0.25, 0.3) is 0 Å². The largest absolute Gasteiger partial charge is 0.468 e. The van der Waals surface area contributed by atoms with E-state index in [4.69, 9.17) is 4.42 Å². The third-order valence-electron chi connectivity index (χ3n) is 3.80. The minimum atomic E-state index is -0.210. The molecule has 1 aromatic heterocycles. The molecule has 1 atom stereocenters. The second-order valence-electron chi connectivity index (χ2n) is 5.74. The topological polar surface area (TPSA) is 45.5 Å². The van der Waals surface area contributed by atoms with Gasteiger partial charge in [-0.3, -0.25) is 9.69 Å². The number of aryl methyl sites for hydroxylation is 1. The molecule has 1 N–H and O–H groups in total. The van der Waals surface area contributed by atoms with Crippen LogP contribution in [0.2, 0.25) is 0 Å². The summed E-state index contributed by atoms with van der Waals surface area (Å²) in [6, 6.07) is 10.4. The number of hydrogen-bond donors (Lipinski definition) is 1. The van der Waals surface area contributed by atoms with Gasteiger partial charge in [-0.15, -0.1) is 0 Å². The van der Waals surface area contributed by atoms with E-state index >= 15 is 0 Å². The number of hydrogen-bond acceptors (Lipinski definition) is 3. The van der Waals surface area contributed by atoms with Crippen molar-refractivity contribution in [2.75, 3.05) is 20.6 Å². The van der Waals surface area contributed by atoms with Gasteiger partial charge in [0.15, 0.2) is 0 Å². The summed E-state index contributed by atoms with van der Waals surface area (Å²) in [7, 11) is 3.88. The number of rotatable bonds is 8. The molecule has 1 heterocycles. The van der Waals surface area contributed by atoms with Crippen molar-refractivity contribution in [1.29, 1.82) is 0 Å². The van der Waals surface area contributed by atoms with Crippen molar-refractivity contribution in [2.24, 2.45) is 0 Å². The lowest BCUT2D eigenvalue weighted by molar-refractivity contribution is -0.121. The summed E-state index contributed by atoms with van der Waals surface area (Å²) >= 11 is 0. The van der Waals surface area contributed by atoms with Crippen molar-refractivity contribution >= 4 is 5.91 Å². The van der Waals surface area contributed by atoms with Crippen LogP contribution in [-0.2, 0) is 11.2 Å². The van der Waals surface area contributed by atoms with E-state index in [1.165, 1.54) is 6.07 Å². The second kappa shape index (κ2) is 8.48. The number of carbonyl (C=O) groups is 1. The van der Waals surface area contributed by atoms with Crippen molar-refractivity contribution in [2.45, 2.75) is 25.3 Å². The summed E-state index contributed by atoms with van der Waals surface area (Å²) in [5.41, 5.74) is 0.655. The van der Waals surface area contributed by atoms with Gasteiger partial charge in [0.1, 0.15) is 11.6 Å². The van der Waals surface area contributed by atoms with E-state index in [-0.39, 0.29) is 17.8 Å². The predicted molar refractivity (Wildman–Crippen MR) is 87.5 cm³/mol. The average molecular weight is 318 g/mol. The number of nitrogens with zero attached hydrogens (tertiary/aromatic N) is 1. The molecule has 1 amide bonds. The Kier molecular flexibility index (Phi) is 6.35. The zero-order chi connectivity index (χ0) is 16.7. The molecule has 0 aliphatic carbocycles. The maximum absolute atomic E-state index is 13.5. The van der Waals surface area contributed by atoms with Crippen LogP contribution in [0.5, 0.6) is 0 Å². The first-order chi connectivity index (χ1) is 11.1. The van der Waals surface area contributed by atoms with Crippen molar-refractivity contribution in [3.63, 3.8) is 0 Å². The number of furan rings is 1. The van der Waals surface area contributed by atoms with Crippen LogP contribution >= 0.6 is 0 Å². The van der Waals surface area contributed by atoms with Crippen LogP contribution in [0.3, 0.4) is 0 Å². The Bertz CT molecular complexity index is 611. The molecule has 1 aromatic carbocycles. The highest BCUT2D eigenvalue weighted by Crippen LogP contribution is 2.17. The van der Waals surface area contributed by atoms with Crippen LogP contribution in [0.1, 0.15) is 30.2 Å². The molecule has 0 aliphatic rings. The molecule has 0 saturated heterocycles. The van der Waals surface area contributed by atoms with E-state index in [1.54, 1.807) is 18.4 Å². The highest BCUT2D eigenvalue weighted by Gasteiger charge is 2.17. The summed E-state index contributed by atoms with van der Waals surface area (Å²) in [6.45, 7) is 0.485. The van der Waals surface area contributed by atoms with Crippen LogP contribution in [0.4, 0.5) is 4.39 Å². The first kappa shape index (κ1) is 17.2. The van der Waals surface area contributed by atoms with Crippen molar-refractivity contribution in [1.82, 2.24) is 10.2 Å². The van der Waals surface area contributed by atoms with Crippen LogP contribution in [-0.4, -0.2) is 31.4 Å². The zero-order valence-electron chi connectivity index (χ0n) is 13.6. The molecular weight excluding hydrogens is 295 g/mol. The number of likely N-dealkylation sites (N-methyl/N-ethyl adjacent to an activating group) is 1. The summed E-state index contributed by atoms with van der Waals surface area (Å²) < 4.78 is 18.9. The monoisotopic (exact) mass is 318 g/mol. The van der Waals surface area contributed by atoms with Gasteiger partial charge in [0.2, 0.25) is 5.91 Å². The van der Waals surface area contributed by atoms with Crippen molar-refractivity contribution < 1.29 is 13.6 Å². The van der Waals surface area contributed by atoms with Gasteiger partial charge in [-0.2, -0.15) is 0 Å². The van der Waals surface area contributed by atoms with Gasteiger partial charge in [0.25, 0.3) is 0 Å². The fourth-order valence-corrected chi connectivity index (χ4v) is 2.46. The van der Waals surface area contributed by atoms with Gasteiger partial charge in [0.05, 0.1) is 12.3 Å². The molecule has 4 nitrogen and oxygen atoms in total. The van der Waals surface area contributed by atoms with Gasteiger partial charge < -0.3 is 9.73 Å². The summed E-state index contributed by atoms with van der Waals surface area (Å²) in [5, 5.41) is 2.92. The van der Waals surface area contributed by atoms with E-state index in [1.807, 2.05) is 37.2 Å². The molecule has 0 fully saturated rings. The standard InChI is InChI=1S/C18H23FN2O2/c1-21(2)16(17-10-6-12-23-17)13-20-18(22)11-5-8-14-7-3-4-9-15(14)19/h3-4,6-7,9-10,12,16H,5,8,11,13H2,1-2H3,(H,20,22). The zero-order valence-corrected chi connectivity index (χ0v) is 13.6. The van der Waals surface area contributed by atoms with E-state index < -0.39 is 0 Å². The van der Waals surface area contributed by atoms with Crippen molar-refractivity contribution in [3.05, 3.63) is 59.8 Å². The fraction of sp³-hybridized carbons (Fsp3) is 0.389. The molecule has 0 spiro atoms. The predicted octanol–water partition coefficient (Wildman–Crippen LogP) is 3.16. The Morgan fingerprint density at radius 3 is 2.70 bits per heavy atom. The molecule has 23 heavy (non-hydrogen) atoms. The van der Waals surface area contributed by atoms with Crippen LogP contribution in [0, 0.1) is 5.82 Å². The number of halogens is 1. The Hall–Kier alpha value is -2.14. The Morgan fingerprint density at radius 2 is 2.04 bits per heavy atom. The Morgan fingerprint density at radius 1 is 1.26 bits per heavy atom. The molecule has 5 heteroatoms. The molecule has 1 unspecified atom stereocenters. The lowest BCUT2D eigenvalue weighted by Crippen LogP contribution is -2.34. The summed E-state index contributed by atoms with van der Waals surface area (Å²) in [5.74, 6) is 0.583. The first-order valence-electron chi connectivity index (χ1n) is 7.78. The summed E-state index contributed by atoms with van der Waals surface area (Å²) in [6.07, 6.45) is 3.20. The molecule has 0 radical (unpaired) electrons. The average Bonchev–Trinajstić information content (AvgIpc) is 3.03. The highest BCUT2D eigenvalue weighted by molar-refractivity contribution is 5.75. The Balaban J connectivity index is 1.75. The van der Waals surface area contributed by atoms with Gasteiger partial charge in [0, 0.05) is 13.0 Å². The van der Waals surface area contributed by atoms with Gasteiger partial charge in [-0.25, -0.2) is 4.39 Å². The molecule has 0 bridgehead atoms. The van der Waals surface area contributed by atoms with E-state index in [9.17, 15) is 9.18 Å². The van der Waals surface area contributed by atoms with Gasteiger partial charge >= 0.3 is 0 Å². The lowest BCUT2D eigenvalue weighted by Gasteiger charge is -2.22. The molecule has 0 aliphatic heterocycles. The number of carbonyl (C=O) groups excluding carboxylic acids is 1. The lowest BCUT2D eigenvalue weighted by atomic mass is 10.1. The third-order valence-corrected chi connectivity index (χ3v) is 3.80. The maximum Gasteiger partial charge on any atom is 0.220 e. The molecule has 2 aromatic rings. The normalized spacial score (nSPS) is 12.3. The third kappa shape index (κ3) is 5.21. The number of benzene rings is 1. The quantitative estimate of drug-likeness (QED) is 0.813. The van der Waals surface area contributed by atoms with E-state index in [0.717, 1.165) is 5.76 Å². The van der Waals surface area contributed by atoms with Gasteiger partial charge in [-0.1, -0.05) is 18.2 Å². The minimum Gasteiger partial charge on any atom is -0.468 e. The van der Waals surface area contributed by atoms with Crippen LogP contribution in [0.15, 0.2) is 47.1 Å². The van der Waals surface area contributed by atoms with Crippen LogP contribution < -0.4 is 5.32 Å². The SMILES string of the molecule is CN(C)C(CNC(=O)CCCc1ccccc1F)c1ccco1. The van der Waals surface area contributed by atoms with E-state index in [0.29, 0.717) is 31.4 Å². The molecule has 124 valence electrons. The second-order valence-corrected chi connectivity index (χ2v) is 5.74. The maximum atomic E-state index is 13.5. The van der Waals surface area contributed by atoms with Crippen molar-refractivity contribution in [3.8, 4) is 0 Å². The Labute approximate surface area is 136 Å². The van der Waals surface area contributed by atoms with E-state index in [2.05, 4.69) is 5.32 Å². The summed E-state index contributed by atoms with van der Waals surface area (Å²) in [4.78, 5) is 14.0. The highest BCUT2D eigenvalue weighted by atomic mass is 19.1.